The third-order valence-electron chi connectivity index (χ3n) is 4.68. The first-order valence-corrected chi connectivity index (χ1v) is 9.97. The molecule has 0 amide bonds. The van der Waals surface area contributed by atoms with Crippen LogP contribution in [0.4, 0.5) is 0 Å². The molecule has 0 radical (unpaired) electrons. The summed E-state index contributed by atoms with van der Waals surface area (Å²) >= 11 is 0. The molecule has 9 heteroatoms. The Bertz CT molecular complexity index is 520. The van der Waals surface area contributed by atoms with Gasteiger partial charge in [-0.25, -0.2) is 0 Å². The second kappa shape index (κ2) is 13.8. The second-order valence-corrected chi connectivity index (χ2v) is 7.05. The maximum atomic E-state index is 10.8. The van der Waals surface area contributed by atoms with Gasteiger partial charge in [-0.3, -0.25) is 4.79 Å². The summed E-state index contributed by atoms with van der Waals surface area (Å²) in [7, 11) is 0. The van der Waals surface area contributed by atoms with Crippen LogP contribution in [0.15, 0.2) is 24.3 Å². The Hall–Kier alpha value is -1.33. The highest BCUT2D eigenvalue weighted by Gasteiger charge is 2.45. The molecule has 1 aliphatic heterocycles. The number of allylic oxidation sites excluding steroid dienone is 3. The van der Waals surface area contributed by atoms with Crippen LogP contribution in [-0.2, 0) is 14.3 Å². The number of hydrogen-bond acceptors (Lipinski definition) is 8. The number of carboxylic acids is 1. The molecule has 0 bridgehead atoms. The first-order valence-electron chi connectivity index (χ1n) is 9.97. The Balaban J connectivity index is 2.74. The van der Waals surface area contributed by atoms with E-state index in [0.717, 1.165) is 12.8 Å². The molecule has 1 saturated heterocycles. The molecule has 1 unspecified atom stereocenters. The molecule has 7 atom stereocenters. The molecule has 6 N–H and O–H groups in total. The van der Waals surface area contributed by atoms with Gasteiger partial charge in [-0.2, -0.15) is 0 Å². The SMILES string of the molecule is CC/C=C\C/C=C\CC(O)[C@@H](CCCC(=O)O)O[C@@H]1O[C@H](CO)[C@@H](O)[C@H](O)[C@H]1O. The molecular formula is C20H34O9. The third-order valence-corrected chi connectivity index (χ3v) is 4.68. The van der Waals surface area contributed by atoms with Crippen LogP contribution in [0.3, 0.4) is 0 Å². The van der Waals surface area contributed by atoms with Gasteiger partial charge in [0, 0.05) is 6.42 Å². The van der Waals surface area contributed by atoms with Gasteiger partial charge >= 0.3 is 5.97 Å². The van der Waals surface area contributed by atoms with Crippen molar-refractivity contribution in [3.05, 3.63) is 24.3 Å². The fourth-order valence-corrected chi connectivity index (χ4v) is 2.98. The molecule has 1 heterocycles. The van der Waals surface area contributed by atoms with Gasteiger partial charge < -0.3 is 40.1 Å². The van der Waals surface area contributed by atoms with Crippen LogP contribution >= 0.6 is 0 Å². The highest BCUT2D eigenvalue weighted by Crippen LogP contribution is 2.25. The maximum Gasteiger partial charge on any atom is 0.303 e. The number of hydrogen-bond donors (Lipinski definition) is 6. The number of ether oxygens (including phenoxy) is 2. The molecule has 0 aromatic rings. The molecule has 0 saturated carbocycles. The van der Waals surface area contributed by atoms with Crippen molar-refractivity contribution >= 4 is 5.97 Å². The Labute approximate surface area is 170 Å². The summed E-state index contributed by atoms with van der Waals surface area (Å²) in [5.41, 5.74) is 0. The van der Waals surface area contributed by atoms with Gasteiger partial charge in [-0.1, -0.05) is 31.2 Å². The predicted octanol–water partition coefficient (Wildman–Crippen LogP) is 0.0899. The van der Waals surface area contributed by atoms with E-state index in [2.05, 4.69) is 0 Å². The van der Waals surface area contributed by atoms with Crippen molar-refractivity contribution in [2.45, 2.75) is 88.4 Å². The van der Waals surface area contributed by atoms with Crippen LogP contribution in [0, 0.1) is 0 Å². The lowest BCUT2D eigenvalue weighted by Gasteiger charge is -2.41. The largest absolute Gasteiger partial charge is 0.481 e. The minimum Gasteiger partial charge on any atom is -0.481 e. The lowest BCUT2D eigenvalue weighted by Crippen LogP contribution is -2.60. The van der Waals surface area contributed by atoms with E-state index in [4.69, 9.17) is 14.6 Å². The lowest BCUT2D eigenvalue weighted by atomic mass is 9.98. The van der Waals surface area contributed by atoms with E-state index in [-0.39, 0.29) is 25.7 Å². The van der Waals surface area contributed by atoms with Crippen LogP contribution in [-0.4, -0.2) is 86.1 Å². The third kappa shape index (κ3) is 8.91. The van der Waals surface area contributed by atoms with Gasteiger partial charge in [-0.05, 0) is 32.1 Å². The van der Waals surface area contributed by atoms with Crippen LogP contribution in [0.1, 0.15) is 45.4 Å². The van der Waals surface area contributed by atoms with E-state index in [9.17, 15) is 30.3 Å². The summed E-state index contributed by atoms with van der Waals surface area (Å²) < 4.78 is 11.0. The van der Waals surface area contributed by atoms with Crippen LogP contribution in [0.5, 0.6) is 0 Å². The van der Waals surface area contributed by atoms with Crippen molar-refractivity contribution in [1.29, 1.82) is 0 Å². The summed E-state index contributed by atoms with van der Waals surface area (Å²) in [5.74, 6) is -0.978. The first-order chi connectivity index (χ1) is 13.8. The number of aliphatic carboxylic acids is 1. The average Bonchev–Trinajstić information content (AvgIpc) is 2.69. The summed E-state index contributed by atoms with van der Waals surface area (Å²) in [6, 6.07) is 0. The van der Waals surface area contributed by atoms with Gasteiger partial charge in [0.1, 0.15) is 24.4 Å². The van der Waals surface area contributed by atoms with E-state index in [1.807, 2.05) is 25.2 Å². The topological polar surface area (TPSA) is 157 Å². The minimum atomic E-state index is -1.59. The van der Waals surface area contributed by atoms with Crippen molar-refractivity contribution in [3.63, 3.8) is 0 Å². The smallest absolute Gasteiger partial charge is 0.303 e. The maximum absolute atomic E-state index is 10.8. The summed E-state index contributed by atoms with van der Waals surface area (Å²) in [6.45, 7) is 1.44. The van der Waals surface area contributed by atoms with Gasteiger partial charge in [-0.15, -0.1) is 0 Å². The zero-order chi connectivity index (χ0) is 21.8. The highest BCUT2D eigenvalue weighted by molar-refractivity contribution is 5.66. The Kier molecular flexibility index (Phi) is 12.2. The van der Waals surface area contributed by atoms with Gasteiger partial charge in [0.2, 0.25) is 0 Å². The molecule has 1 rings (SSSR count). The molecule has 0 aromatic heterocycles. The summed E-state index contributed by atoms with van der Waals surface area (Å²) in [6.07, 6.45) is 0.846. The molecular weight excluding hydrogens is 384 g/mol. The van der Waals surface area contributed by atoms with Crippen LogP contribution in [0.2, 0.25) is 0 Å². The predicted molar refractivity (Wildman–Crippen MR) is 104 cm³/mol. The van der Waals surface area contributed by atoms with E-state index in [1.54, 1.807) is 6.08 Å². The van der Waals surface area contributed by atoms with Gasteiger partial charge in [0.05, 0.1) is 18.8 Å². The highest BCUT2D eigenvalue weighted by atomic mass is 16.7. The number of rotatable bonds is 13. The Morgan fingerprint density at radius 2 is 1.79 bits per heavy atom. The molecule has 9 nitrogen and oxygen atoms in total. The molecule has 1 fully saturated rings. The zero-order valence-corrected chi connectivity index (χ0v) is 16.7. The quantitative estimate of drug-likeness (QED) is 0.228. The normalized spacial score (nSPS) is 30.1. The van der Waals surface area contributed by atoms with Crippen molar-refractivity contribution in [3.8, 4) is 0 Å². The van der Waals surface area contributed by atoms with Crippen molar-refractivity contribution < 1.29 is 44.9 Å². The summed E-state index contributed by atoms with van der Waals surface area (Å²) in [5, 5.41) is 58.4. The number of aliphatic hydroxyl groups is 5. The molecule has 0 spiro atoms. The summed E-state index contributed by atoms with van der Waals surface area (Å²) in [4.78, 5) is 10.8. The molecule has 0 aromatic carbocycles. The zero-order valence-electron chi connectivity index (χ0n) is 16.7. The number of carbonyl (C=O) groups is 1. The second-order valence-electron chi connectivity index (χ2n) is 7.05. The average molecular weight is 418 g/mol. The molecule has 1 aliphatic rings. The first kappa shape index (κ1) is 25.7. The van der Waals surface area contributed by atoms with Crippen molar-refractivity contribution in [1.82, 2.24) is 0 Å². The lowest BCUT2D eigenvalue weighted by molar-refractivity contribution is -0.317. The van der Waals surface area contributed by atoms with E-state index < -0.39 is 55.5 Å². The van der Waals surface area contributed by atoms with Gasteiger partial charge in [0.15, 0.2) is 6.29 Å². The number of aliphatic hydroxyl groups excluding tert-OH is 5. The monoisotopic (exact) mass is 418 g/mol. The fourth-order valence-electron chi connectivity index (χ4n) is 2.98. The number of carboxylic acid groups (broad SMARTS) is 1. The molecule has 0 aliphatic carbocycles. The Morgan fingerprint density at radius 3 is 2.41 bits per heavy atom. The molecule has 29 heavy (non-hydrogen) atoms. The van der Waals surface area contributed by atoms with E-state index in [1.165, 1.54) is 0 Å². The van der Waals surface area contributed by atoms with E-state index in [0.29, 0.717) is 0 Å². The Morgan fingerprint density at radius 1 is 1.10 bits per heavy atom. The van der Waals surface area contributed by atoms with Crippen LogP contribution < -0.4 is 0 Å². The van der Waals surface area contributed by atoms with Crippen molar-refractivity contribution in [2.24, 2.45) is 0 Å². The fraction of sp³-hybridized carbons (Fsp3) is 0.750. The van der Waals surface area contributed by atoms with Gasteiger partial charge in [0.25, 0.3) is 0 Å². The standard InChI is InChI=1S/C20H34O9/c1-2-3-4-5-6-7-9-13(22)14(10-8-11-16(23)24)28-20-19(27)18(26)17(25)15(12-21)29-20/h3-4,6-7,13-15,17-22,25-27H,2,5,8-12H2,1H3,(H,23,24)/b4-3-,7-6-/t13?,14-,15-,17-,18+,19-,20-/m1/s1. The molecule has 168 valence electrons. The van der Waals surface area contributed by atoms with Crippen molar-refractivity contribution in [2.75, 3.05) is 6.61 Å². The van der Waals surface area contributed by atoms with E-state index >= 15 is 0 Å². The van der Waals surface area contributed by atoms with Crippen LogP contribution in [0.25, 0.3) is 0 Å². The minimum absolute atomic E-state index is 0.112.